The summed E-state index contributed by atoms with van der Waals surface area (Å²) in [6, 6.07) is 17.5. The summed E-state index contributed by atoms with van der Waals surface area (Å²) in [5, 5.41) is 5.79. The van der Waals surface area contributed by atoms with Crippen LogP contribution in [-0.2, 0) is 7.05 Å². The van der Waals surface area contributed by atoms with Crippen LogP contribution in [0.4, 0.5) is 0 Å². The smallest absolute Gasteiger partial charge is 0.274 e. The SMILES string of the molecule is Cn1nc(-c2ccccc2)cc1C(=O)N1CCC(Oc2nc3c(Cl)cccc3s2)CC1. The molecule has 0 radical (unpaired) electrons. The highest BCUT2D eigenvalue weighted by Crippen LogP contribution is 2.33. The van der Waals surface area contributed by atoms with Crippen LogP contribution in [0.5, 0.6) is 5.19 Å². The van der Waals surface area contributed by atoms with E-state index in [1.807, 2.05) is 66.5 Å². The summed E-state index contributed by atoms with van der Waals surface area (Å²) >= 11 is 7.72. The predicted molar refractivity (Wildman–Crippen MR) is 123 cm³/mol. The van der Waals surface area contributed by atoms with E-state index >= 15 is 0 Å². The van der Waals surface area contributed by atoms with Gasteiger partial charge in [-0.05, 0) is 18.2 Å². The lowest BCUT2D eigenvalue weighted by atomic mass is 10.1. The molecule has 0 bridgehead atoms. The summed E-state index contributed by atoms with van der Waals surface area (Å²) in [7, 11) is 1.81. The number of thiazole rings is 1. The lowest BCUT2D eigenvalue weighted by molar-refractivity contribution is 0.0585. The van der Waals surface area contributed by atoms with Gasteiger partial charge in [-0.15, -0.1) is 0 Å². The van der Waals surface area contributed by atoms with Gasteiger partial charge in [-0.3, -0.25) is 9.48 Å². The van der Waals surface area contributed by atoms with Gasteiger partial charge in [-0.25, -0.2) is 4.98 Å². The number of fused-ring (bicyclic) bond motifs is 1. The maximum absolute atomic E-state index is 13.1. The predicted octanol–water partition coefficient (Wildman–Crippen LogP) is 5.03. The Balaban J connectivity index is 1.23. The maximum Gasteiger partial charge on any atom is 0.274 e. The molecule has 1 fully saturated rings. The molecule has 1 aliphatic heterocycles. The van der Waals surface area contributed by atoms with E-state index in [4.69, 9.17) is 16.3 Å². The van der Waals surface area contributed by atoms with Crippen LogP contribution in [0, 0.1) is 0 Å². The lowest BCUT2D eigenvalue weighted by Gasteiger charge is -2.31. The molecular weight excluding hydrogens is 432 g/mol. The second-order valence-corrected chi connectivity index (χ2v) is 8.98. The average molecular weight is 453 g/mol. The van der Waals surface area contributed by atoms with Gasteiger partial charge in [0.1, 0.15) is 17.3 Å². The minimum Gasteiger partial charge on any atom is -0.467 e. The molecule has 5 rings (SSSR count). The van der Waals surface area contributed by atoms with Crippen LogP contribution >= 0.6 is 22.9 Å². The van der Waals surface area contributed by atoms with Crippen molar-refractivity contribution in [1.82, 2.24) is 19.7 Å². The zero-order valence-corrected chi connectivity index (χ0v) is 18.6. The van der Waals surface area contributed by atoms with Crippen LogP contribution in [-0.4, -0.2) is 44.8 Å². The lowest BCUT2D eigenvalue weighted by Crippen LogP contribution is -2.42. The van der Waals surface area contributed by atoms with Crippen LogP contribution < -0.4 is 4.74 Å². The molecule has 1 saturated heterocycles. The second kappa shape index (κ2) is 8.32. The number of halogens is 1. The third-order valence-corrected chi connectivity index (χ3v) is 6.73. The summed E-state index contributed by atoms with van der Waals surface area (Å²) in [4.78, 5) is 19.5. The molecule has 6 nitrogen and oxygen atoms in total. The molecule has 8 heteroatoms. The number of rotatable bonds is 4. The van der Waals surface area contributed by atoms with Crippen LogP contribution in [0.1, 0.15) is 23.3 Å². The third kappa shape index (κ3) is 4.03. The van der Waals surface area contributed by atoms with Crippen molar-refractivity contribution in [2.24, 2.45) is 7.05 Å². The number of piperidine rings is 1. The van der Waals surface area contributed by atoms with E-state index < -0.39 is 0 Å². The number of carbonyl (C=O) groups is 1. The first-order valence-electron chi connectivity index (χ1n) is 10.2. The van der Waals surface area contributed by atoms with Crippen molar-refractivity contribution in [1.29, 1.82) is 0 Å². The summed E-state index contributed by atoms with van der Waals surface area (Å²) in [6.07, 6.45) is 1.56. The maximum atomic E-state index is 13.1. The number of carbonyl (C=O) groups excluding carboxylic acids is 1. The Kier molecular flexibility index (Phi) is 5.38. The van der Waals surface area contributed by atoms with Crippen molar-refractivity contribution in [3.63, 3.8) is 0 Å². The van der Waals surface area contributed by atoms with Gasteiger partial charge >= 0.3 is 0 Å². The fourth-order valence-corrected chi connectivity index (χ4v) is 5.02. The van der Waals surface area contributed by atoms with Gasteiger partial charge < -0.3 is 9.64 Å². The Morgan fingerprint density at radius 2 is 1.90 bits per heavy atom. The van der Waals surface area contributed by atoms with E-state index in [-0.39, 0.29) is 12.0 Å². The Labute approximate surface area is 189 Å². The number of aromatic nitrogens is 3. The third-order valence-electron chi connectivity index (χ3n) is 5.52. The van der Waals surface area contributed by atoms with Gasteiger partial charge in [0, 0.05) is 38.5 Å². The molecule has 0 N–H and O–H groups in total. The largest absolute Gasteiger partial charge is 0.467 e. The number of hydrogen-bond donors (Lipinski definition) is 0. The monoisotopic (exact) mass is 452 g/mol. The number of benzene rings is 2. The molecule has 158 valence electrons. The molecule has 31 heavy (non-hydrogen) atoms. The van der Waals surface area contributed by atoms with Crippen LogP contribution in [0.15, 0.2) is 54.6 Å². The standard InChI is InChI=1S/C23H21ClN4O2S/c1-27-19(14-18(26-27)15-6-3-2-4-7-15)22(29)28-12-10-16(11-13-28)30-23-25-21-17(24)8-5-9-20(21)31-23/h2-9,14,16H,10-13H2,1H3. The quantitative estimate of drug-likeness (QED) is 0.435. The Morgan fingerprint density at radius 1 is 1.13 bits per heavy atom. The molecule has 2 aromatic heterocycles. The number of likely N-dealkylation sites (tertiary alicyclic amines) is 1. The highest BCUT2D eigenvalue weighted by atomic mass is 35.5. The van der Waals surface area contributed by atoms with E-state index in [9.17, 15) is 4.79 Å². The molecule has 2 aromatic carbocycles. The minimum atomic E-state index is 0.00222. The fraction of sp³-hybridized carbons (Fsp3) is 0.261. The number of amides is 1. The zero-order chi connectivity index (χ0) is 21.4. The fourth-order valence-electron chi connectivity index (χ4n) is 3.84. The second-order valence-electron chi connectivity index (χ2n) is 7.58. The van der Waals surface area contributed by atoms with Gasteiger partial charge in [-0.2, -0.15) is 5.10 Å². The zero-order valence-electron chi connectivity index (χ0n) is 17.0. The van der Waals surface area contributed by atoms with E-state index in [2.05, 4.69) is 10.1 Å². The number of ether oxygens (including phenoxy) is 1. The van der Waals surface area contributed by atoms with Crippen molar-refractivity contribution in [3.05, 3.63) is 65.3 Å². The van der Waals surface area contributed by atoms with Crippen molar-refractivity contribution >= 4 is 39.1 Å². The first-order valence-corrected chi connectivity index (χ1v) is 11.4. The van der Waals surface area contributed by atoms with Crippen molar-refractivity contribution in [3.8, 4) is 16.5 Å². The molecule has 1 aliphatic rings. The van der Waals surface area contributed by atoms with Crippen molar-refractivity contribution < 1.29 is 9.53 Å². The molecule has 0 unspecified atom stereocenters. The summed E-state index contributed by atoms with van der Waals surface area (Å²) in [6.45, 7) is 1.28. The van der Waals surface area contributed by atoms with E-state index in [1.165, 1.54) is 11.3 Å². The highest BCUT2D eigenvalue weighted by molar-refractivity contribution is 7.20. The van der Waals surface area contributed by atoms with E-state index in [0.717, 1.165) is 34.3 Å². The number of nitrogens with zero attached hydrogens (tertiary/aromatic N) is 4. The normalized spacial score (nSPS) is 14.8. The number of para-hydroxylation sites is 1. The van der Waals surface area contributed by atoms with Gasteiger partial charge in [0.25, 0.3) is 11.1 Å². The molecule has 4 aromatic rings. The van der Waals surface area contributed by atoms with Gasteiger partial charge in [-0.1, -0.05) is 59.3 Å². The number of hydrogen-bond acceptors (Lipinski definition) is 5. The summed E-state index contributed by atoms with van der Waals surface area (Å²) < 4.78 is 8.79. The van der Waals surface area contributed by atoms with E-state index in [0.29, 0.717) is 29.0 Å². The summed E-state index contributed by atoms with van der Waals surface area (Å²) in [5.74, 6) is 0.00222. The molecular formula is C23H21ClN4O2S. The van der Waals surface area contributed by atoms with Gasteiger partial charge in [0.05, 0.1) is 15.4 Å². The average Bonchev–Trinajstić information content (AvgIpc) is 3.38. The summed E-state index contributed by atoms with van der Waals surface area (Å²) in [5.41, 5.74) is 3.18. The number of aryl methyl sites for hydroxylation is 1. The van der Waals surface area contributed by atoms with Crippen molar-refractivity contribution in [2.45, 2.75) is 18.9 Å². The molecule has 0 spiro atoms. The molecule has 3 heterocycles. The van der Waals surface area contributed by atoms with Crippen LogP contribution in [0.3, 0.4) is 0 Å². The topological polar surface area (TPSA) is 60.2 Å². The first kappa shape index (κ1) is 20.0. The molecule has 0 saturated carbocycles. The molecule has 0 aliphatic carbocycles. The highest BCUT2D eigenvalue weighted by Gasteiger charge is 2.27. The van der Waals surface area contributed by atoms with Crippen LogP contribution in [0.2, 0.25) is 5.02 Å². The van der Waals surface area contributed by atoms with Gasteiger partial charge in [0.15, 0.2) is 0 Å². The Morgan fingerprint density at radius 3 is 2.65 bits per heavy atom. The van der Waals surface area contributed by atoms with Crippen molar-refractivity contribution in [2.75, 3.05) is 13.1 Å². The Hall–Kier alpha value is -2.90. The van der Waals surface area contributed by atoms with E-state index in [1.54, 1.807) is 4.68 Å². The van der Waals surface area contributed by atoms with Crippen LogP contribution in [0.25, 0.3) is 21.5 Å². The molecule has 1 amide bonds. The first-order chi connectivity index (χ1) is 15.1. The van der Waals surface area contributed by atoms with Gasteiger partial charge in [0.2, 0.25) is 0 Å². The minimum absolute atomic E-state index is 0.00222. The Bertz CT molecular complexity index is 1230. The molecule has 0 atom stereocenters.